The minimum absolute atomic E-state index is 0.0401. The Morgan fingerprint density at radius 1 is 1.42 bits per heavy atom. The second-order valence-electron chi connectivity index (χ2n) is 4.25. The normalized spacial score (nSPS) is 10.5. The number of halogens is 1. The number of nitrogen functional groups attached to an aromatic ring is 1. The highest BCUT2D eigenvalue weighted by atomic mass is 79.9. The van der Waals surface area contributed by atoms with Gasteiger partial charge in [0, 0.05) is 11.5 Å². The van der Waals surface area contributed by atoms with Crippen molar-refractivity contribution in [3.8, 4) is 11.5 Å². The molecule has 0 aliphatic heterocycles. The molecule has 5 nitrogen and oxygen atoms in total. The van der Waals surface area contributed by atoms with Crippen molar-refractivity contribution in [2.45, 2.75) is 13.8 Å². The zero-order chi connectivity index (χ0) is 14.2. The number of nitrogens with two attached hydrogens (primary N) is 1. The molecule has 0 bridgehead atoms. The van der Waals surface area contributed by atoms with Crippen LogP contribution in [0, 0.1) is 19.3 Å². The Morgan fingerprint density at radius 2 is 2.11 bits per heavy atom. The van der Waals surface area contributed by atoms with E-state index >= 15 is 0 Å². The number of nitrogens with zero attached hydrogens (tertiary/aromatic N) is 2. The monoisotopic (exact) mass is 322 g/mol. The van der Waals surface area contributed by atoms with Gasteiger partial charge in [0.25, 0.3) is 0 Å². The molecule has 0 saturated heterocycles. The Balaban J connectivity index is 2.50. The SMILES string of the molecule is Cc1nn(C)c(C)c1Oc1cccc(Br)c1C(=N)N. The Labute approximate surface area is 120 Å². The first-order chi connectivity index (χ1) is 8.91. The van der Waals surface area contributed by atoms with E-state index in [1.807, 2.05) is 33.0 Å². The number of hydrogen-bond acceptors (Lipinski definition) is 3. The quantitative estimate of drug-likeness (QED) is 0.673. The summed E-state index contributed by atoms with van der Waals surface area (Å²) in [5.74, 6) is 1.20. The van der Waals surface area contributed by atoms with Gasteiger partial charge in [-0.05, 0) is 41.9 Å². The van der Waals surface area contributed by atoms with Gasteiger partial charge in [-0.2, -0.15) is 5.10 Å². The Morgan fingerprint density at radius 3 is 2.63 bits per heavy atom. The summed E-state index contributed by atoms with van der Waals surface area (Å²) in [7, 11) is 1.86. The van der Waals surface area contributed by atoms with E-state index in [9.17, 15) is 0 Å². The summed E-state index contributed by atoms with van der Waals surface area (Å²) in [5.41, 5.74) is 7.87. The highest BCUT2D eigenvalue weighted by Gasteiger charge is 2.16. The van der Waals surface area contributed by atoms with Crippen molar-refractivity contribution in [1.29, 1.82) is 5.41 Å². The van der Waals surface area contributed by atoms with Crippen molar-refractivity contribution in [2.75, 3.05) is 0 Å². The molecular weight excluding hydrogens is 308 g/mol. The van der Waals surface area contributed by atoms with Crippen molar-refractivity contribution >= 4 is 21.8 Å². The van der Waals surface area contributed by atoms with E-state index < -0.39 is 0 Å². The molecule has 3 N–H and O–H groups in total. The second-order valence-corrected chi connectivity index (χ2v) is 5.11. The van der Waals surface area contributed by atoms with Crippen molar-refractivity contribution in [1.82, 2.24) is 9.78 Å². The van der Waals surface area contributed by atoms with Crippen molar-refractivity contribution in [2.24, 2.45) is 12.8 Å². The first kappa shape index (κ1) is 13.6. The van der Waals surface area contributed by atoms with E-state index in [4.69, 9.17) is 15.9 Å². The topological polar surface area (TPSA) is 76.9 Å². The predicted octanol–water partition coefficient (Wildman–Crippen LogP) is 2.88. The van der Waals surface area contributed by atoms with Gasteiger partial charge in [-0.25, -0.2) is 0 Å². The minimum atomic E-state index is -0.0401. The van der Waals surface area contributed by atoms with Crippen LogP contribution in [0.25, 0.3) is 0 Å². The van der Waals surface area contributed by atoms with Crippen LogP contribution in [0.2, 0.25) is 0 Å². The van der Waals surface area contributed by atoms with Crippen LogP contribution in [0.3, 0.4) is 0 Å². The summed E-state index contributed by atoms with van der Waals surface area (Å²) < 4.78 is 8.39. The second kappa shape index (κ2) is 5.05. The van der Waals surface area contributed by atoms with Gasteiger partial charge in [0.05, 0.1) is 11.3 Å². The first-order valence-electron chi connectivity index (χ1n) is 5.72. The number of aryl methyl sites for hydroxylation is 2. The van der Waals surface area contributed by atoms with Gasteiger partial charge in [0.1, 0.15) is 17.3 Å². The van der Waals surface area contributed by atoms with E-state index in [2.05, 4.69) is 21.0 Å². The van der Waals surface area contributed by atoms with Gasteiger partial charge in [-0.3, -0.25) is 10.1 Å². The molecule has 100 valence electrons. The number of benzene rings is 1. The average Bonchev–Trinajstić information content (AvgIpc) is 2.55. The molecule has 0 atom stereocenters. The number of amidine groups is 1. The number of hydrogen-bond donors (Lipinski definition) is 2. The summed E-state index contributed by atoms with van der Waals surface area (Å²) >= 11 is 3.38. The average molecular weight is 323 g/mol. The zero-order valence-corrected chi connectivity index (χ0v) is 12.6. The van der Waals surface area contributed by atoms with E-state index in [0.29, 0.717) is 17.1 Å². The zero-order valence-electron chi connectivity index (χ0n) is 11.0. The van der Waals surface area contributed by atoms with Crippen molar-refractivity contribution < 1.29 is 4.74 Å². The predicted molar refractivity (Wildman–Crippen MR) is 77.9 cm³/mol. The van der Waals surface area contributed by atoms with Gasteiger partial charge in [0.15, 0.2) is 5.75 Å². The van der Waals surface area contributed by atoms with E-state index in [-0.39, 0.29) is 5.84 Å². The molecule has 2 aromatic rings. The summed E-state index contributed by atoms with van der Waals surface area (Å²) in [6.07, 6.45) is 0. The van der Waals surface area contributed by atoms with Crippen LogP contribution in [0.1, 0.15) is 17.0 Å². The van der Waals surface area contributed by atoms with E-state index in [1.54, 1.807) is 10.7 Å². The molecule has 0 aliphatic rings. The Kier molecular flexibility index (Phi) is 3.61. The molecule has 0 aliphatic carbocycles. The lowest BCUT2D eigenvalue weighted by Gasteiger charge is -2.12. The van der Waals surface area contributed by atoms with Crippen LogP contribution in [0.5, 0.6) is 11.5 Å². The van der Waals surface area contributed by atoms with Crippen LogP contribution in [-0.4, -0.2) is 15.6 Å². The lowest BCUT2D eigenvalue weighted by atomic mass is 10.2. The largest absolute Gasteiger partial charge is 0.453 e. The summed E-state index contributed by atoms with van der Waals surface area (Å²) in [4.78, 5) is 0. The lowest BCUT2D eigenvalue weighted by Crippen LogP contribution is -2.13. The Hall–Kier alpha value is -1.82. The molecular formula is C13H15BrN4O. The molecule has 0 amide bonds. The number of ether oxygens (including phenoxy) is 1. The molecule has 1 heterocycles. The van der Waals surface area contributed by atoms with Crippen molar-refractivity contribution in [3.63, 3.8) is 0 Å². The summed E-state index contributed by atoms with van der Waals surface area (Å²) in [6.45, 7) is 3.81. The maximum Gasteiger partial charge on any atom is 0.171 e. The summed E-state index contributed by atoms with van der Waals surface area (Å²) in [6, 6.07) is 5.45. The van der Waals surface area contributed by atoms with Crippen molar-refractivity contribution in [3.05, 3.63) is 39.6 Å². The molecule has 2 rings (SSSR count). The third kappa shape index (κ3) is 2.49. The fraction of sp³-hybridized carbons (Fsp3) is 0.231. The van der Waals surface area contributed by atoms with Gasteiger partial charge in [-0.15, -0.1) is 0 Å². The van der Waals surface area contributed by atoms with Crippen LogP contribution >= 0.6 is 15.9 Å². The molecule has 1 aromatic heterocycles. The first-order valence-corrected chi connectivity index (χ1v) is 6.52. The molecule has 0 saturated carbocycles. The maximum absolute atomic E-state index is 7.64. The van der Waals surface area contributed by atoms with Crippen LogP contribution in [0.15, 0.2) is 22.7 Å². The third-order valence-corrected chi connectivity index (χ3v) is 3.56. The van der Waals surface area contributed by atoms with Crippen LogP contribution in [-0.2, 0) is 7.05 Å². The standard InChI is InChI=1S/C13H15BrN4O/c1-7-12(8(2)18(3)17-7)19-10-6-4-5-9(14)11(10)13(15)16/h4-6H,1-3H3,(H3,15,16). The molecule has 0 fully saturated rings. The molecule has 19 heavy (non-hydrogen) atoms. The highest BCUT2D eigenvalue weighted by Crippen LogP contribution is 2.33. The molecule has 0 spiro atoms. The van der Waals surface area contributed by atoms with Gasteiger partial charge in [0.2, 0.25) is 0 Å². The molecule has 1 aromatic carbocycles. The summed E-state index contributed by atoms with van der Waals surface area (Å²) in [5, 5.41) is 11.9. The maximum atomic E-state index is 7.64. The molecule has 0 unspecified atom stereocenters. The molecule has 6 heteroatoms. The van der Waals surface area contributed by atoms with E-state index in [1.165, 1.54) is 0 Å². The number of rotatable bonds is 3. The Bertz CT molecular complexity index is 648. The lowest BCUT2D eigenvalue weighted by molar-refractivity contribution is 0.472. The van der Waals surface area contributed by atoms with Gasteiger partial charge >= 0.3 is 0 Å². The fourth-order valence-corrected chi connectivity index (χ4v) is 2.42. The van der Waals surface area contributed by atoms with Gasteiger partial charge in [-0.1, -0.05) is 6.07 Å². The fourth-order valence-electron chi connectivity index (χ4n) is 1.86. The number of aromatic nitrogens is 2. The number of nitrogens with one attached hydrogen (secondary N) is 1. The van der Waals surface area contributed by atoms with Crippen LogP contribution in [0.4, 0.5) is 0 Å². The van der Waals surface area contributed by atoms with Crippen LogP contribution < -0.4 is 10.5 Å². The molecule has 0 radical (unpaired) electrons. The van der Waals surface area contributed by atoms with Gasteiger partial charge < -0.3 is 10.5 Å². The highest BCUT2D eigenvalue weighted by molar-refractivity contribution is 9.10. The minimum Gasteiger partial charge on any atom is -0.453 e. The van der Waals surface area contributed by atoms with E-state index in [0.717, 1.165) is 15.9 Å². The third-order valence-electron chi connectivity index (χ3n) is 2.90. The smallest absolute Gasteiger partial charge is 0.171 e.